The zero-order chi connectivity index (χ0) is 27.1. The number of benzene rings is 3. The van der Waals surface area contributed by atoms with Crippen LogP contribution in [0.15, 0.2) is 78.0 Å². The highest BCUT2D eigenvalue weighted by Gasteiger charge is 2.36. The maximum Gasteiger partial charge on any atom is 0.156 e. The molecule has 0 radical (unpaired) electrons. The molecule has 4 atom stereocenters. The molecule has 1 aliphatic rings. The van der Waals surface area contributed by atoms with Crippen LogP contribution in [0, 0.1) is 11.8 Å². The average molecular weight is 520 g/mol. The lowest BCUT2D eigenvalue weighted by Crippen LogP contribution is -2.37. The highest BCUT2D eigenvalue weighted by atomic mass is 16.6. The Morgan fingerprint density at radius 1 is 0.895 bits per heavy atom. The van der Waals surface area contributed by atoms with Crippen molar-refractivity contribution in [2.24, 2.45) is 17.0 Å². The van der Waals surface area contributed by atoms with Crippen molar-refractivity contribution < 1.29 is 28.9 Å². The zero-order valence-corrected chi connectivity index (χ0v) is 22.7. The normalized spacial score (nSPS) is 19.4. The van der Waals surface area contributed by atoms with Gasteiger partial charge in [-0.25, -0.2) is 0 Å². The van der Waals surface area contributed by atoms with E-state index in [9.17, 15) is 5.11 Å². The highest BCUT2D eigenvalue weighted by molar-refractivity contribution is 6.07. The highest BCUT2D eigenvalue weighted by Crippen LogP contribution is 2.38. The lowest BCUT2D eigenvalue weighted by atomic mass is 9.92. The Morgan fingerprint density at radius 3 is 2.34 bits per heavy atom. The summed E-state index contributed by atoms with van der Waals surface area (Å²) >= 11 is 0. The lowest BCUT2D eigenvalue weighted by molar-refractivity contribution is -0.0487. The lowest BCUT2D eigenvalue weighted by Gasteiger charge is -2.32. The van der Waals surface area contributed by atoms with E-state index in [1.54, 1.807) is 20.3 Å². The van der Waals surface area contributed by atoms with Crippen molar-refractivity contribution >= 4 is 5.71 Å². The van der Waals surface area contributed by atoms with Gasteiger partial charge in [0, 0.05) is 11.5 Å². The molecule has 0 spiro atoms. The zero-order valence-electron chi connectivity index (χ0n) is 22.7. The molecule has 0 unspecified atom stereocenters. The minimum Gasteiger partial charge on any atom is -0.497 e. The number of fused-ring (bicyclic) bond motifs is 1. The molecule has 7 heteroatoms. The van der Waals surface area contributed by atoms with Crippen molar-refractivity contribution in [3.05, 3.63) is 89.5 Å². The number of nitrogens with zero attached hydrogens (tertiary/aromatic N) is 1. The fraction of sp³-hybridized carbons (Fsp3) is 0.387. The maximum absolute atomic E-state index is 11.4. The Labute approximate surface area is 224 Å². The molecule has 0 fully saturated rings. The molecule has 1 aliphatic heterocycles. The molecule has 3 aromatic rings. The molecule has 0 amide bonds. The van der Waals surface area contributed by atoms with E-state index in [0.29, 0.717) is 47.7 Å². The second-order valence-electron chi connectivity index (χ2n) is 9.88. The van der Waals surface area contributed by atoms with Gasteiger partial charge in [-0.1, -0.05) is 68.4 Å². The minimum absolute atomic E-state index is 0.0214. The molecule has 0 aliphatic carbocycles. The van der Waals surface area contributed by atoms with E-state index in [-0.39, 0.29) is 12.0 Å². The molecular formula is C31H37NO6. The SMILES string of the molecule is COc1cccc([C@H]2Oc3ccc(OC)cc3/C(=N/OC[C@@H](C)[C@H](OCc3ccccc3)C(C)C)[C@@H]2O)c1. The van der Waals surface area contributed by atoms with Crippen molar-refractivity contribution in [1.82, 2.24) is 0 Å². The fourth-order valence-corrected chi connectivity index (χ4v) is 4.71. The third-order valence-electron chi connectivity index (χ3n) is 6.71. The summed E-state index contributed by atoms with van der Waals surface area (Å²) in [6.07, 6.45) is -1.76. The summed E-state index contributed by atoms with van der Waals surface area (Å²) in [7, 11) is 3.20. The summed E-state index contributed by atoms with van der Waals surface area (Å²) < 4.78 is 23.3. The molecule has 7 nitrogen and oxygen atoms in total. The van der Waals surface area contributed by atoms with Crippen LogP contribution in [0.4, 0.5) is 0 Å². The second kappa shape index (κ2) is 12.8. The van der Waals surface area contributed by atoms with E-state index in [1.165, 1.54) is 0 Å². The van der Waals surface area contributed by atoms with Gasteiger partial charge in [-0.2, -0.15) is 0 Å². The molecule has 38 heavy (non-hydrogen) atoms. The van der Waals surface area contributed by atoms with Crippen LogP contribution in [-0.4, -0.2) is 43.9 Å². The minimum atomic E-state index is -1.06. The van der Waals surface area contributed by atoms with Gasteiger partial charge in [0.05, 0.1) is 26.9 Å². The predicted molar refractivity (Wildman–Crippen MR) is 147 cm³/mol. The van der Waals surface area contributed by atoms with Gasteiger partial charge in [-0.15, -0.1) is 0 Å². The van der Waals surface area contributed by atoms with E-state index in [1.807, 2.05) is 54.6 Å². The first-order chi connectivity index (χ1) is 18.4. The van der Waals surface area contributed by atoms with Gasteiger partial charge in [-0.05, 0) is 47.4 Å². The van der Waals surface area contributed by atoms with Gasteiger partial charge in [0.25, 0.3) is 0 Å². The van der Waals surface area contributed by atoms with Crippen LogP contribution < -0.4 is 14.2 Å². The molecule has 202 valence electrons. The molecule has 1 N–H and O–H groups in total. The van der Waals surface area contributed by atoms with Crippen LogP contribution in [0.1, 0.15) is 43.6 Å². The summed E-state index contributed by atoms with van der Waals surface area (Å²) in [5.74, 6) is 2.26. The van der Waals surface area contributed by atoms with Crippen LogP contribution in [0.3, 0.4) is 0 Å². The number of hydrogen-bond acceptors (Lipinski definition) is 7. The Bertz CT molecular complexity index is 1210. The summed E-state index contributed by atoms with van der Waals surface area (Å²) in [6, 6.07) is 23.0. The summed E-state index contributed by atoms with van der Waals surface area (Å²) in [6.45, 7) is 7.24. The van der Waals surface area contributed by atoms with Gasteiger partial charge >= 0.3 is 0 Å². The summed E-state index contributed by atoms with van der Waals surface area (Å²) in [5, 5.41) is 15.8. The van der Waals surface area contributed by atoms with E-state index in [4.69, 9.17) is 23.8 Å². The van der Waals surface area contributed by atoms with E-state index in [2.05, 4.69) is 38.1 Å². The van der Waals surface area contributed by atoms with Crippen LogP contribution in [-0.2, 0) is 16.2 Å². The van der Waals surface area contributed by atoms with Crippen molar-refractivity contribution in [3.63, 3.8) is 0 Å². The van der Waals surface area contributed by atoms with Crippen molar-refractivity contribution in [1.29, 1.82) is 0 Å². The van der Waals surface area contributed by atoms with Gasteiger partial charge < -0.3 is 28.9 Å². The number of rotatable bonds is 11. The quantitative estimate of drug-likeness (QED) is 0.323. The fourth-order valence-electron chi connectivity index (χ4n) is 4.71. The first-order valence-corrected chi connectivity index (χ1v) is 12.9. The number of methoxy groups -OCH3 is 2. The van der Waals surface area contributed by atoms with Crippen LogP contribution in [0.2, 0.25) is 0 Å². The van der Waals surface area contributed by atoms with Gasteiger partial charge in [-0.3, -0.25) is 0 Å². The molecule has 0 saturated heterocycles. The van der Waals surface area contributed by atoms with E-state index < -0.39 is 12.2 Å². The van der Waals surface area contributed by atoms with Gasteiger partial charge in [0.1, 0.15) is 35.7 Å². The first-order valence-electron chi connectivity index (χ1n) is 12.9. The Kier molecular flexibility index (Phi) is 9.26. The van der Waals surface area contributed by atoms with Gasteiger partial charge in [0.2, 0.25) is 0 Å². The van der Waals surface area contributed by atoms with Crippen molar-refractivity contribution in [2.75, 3.05) is 20.8 Å². The standard InChI is InChI=1S/C31H37NO6/c1-20(2)30(36-19-22-10-7-6-8-11-22)21(3)18-37-32-28-26-17-25(35-5)14-15-27(26)38-31(29(28)33)23-12-9-13-24(16-23)34-4/h6-17,20-21,29-31,33H,18-19H2,1-5H3/b32-28-/t21-,29+,30-,31-/m1/s1. The number of ether oxygens (including phenoxy) is 4. The summed E-state index contributed by atoms with van der Waals surface area (Å²) in [5.41, 5.74) is 2.92. The number of oxime groups is 1. The molecule has 3 aromatic carbocycles. The van der Waals surface area contributed by atoms with Crippen molar-refractivity contribution in [2.45, 2.75) is 45.7 Å². The molecule has 0 saturated carbocycles. The Morgan fingerprint density at radius 2 is 1.63 bits per heavy atom. The van der Waals surface area contributed by atoms with Gasteiger partial charge in [0.15, 0.2) is 6.10 Å². The molecule has 4 rings (SSSR count). The third-order valence-corrected chi connectivity index (χ3v) is 6.71. The molecule has 0 bridgehead atoms. The molecular weight excluding hydrogens is 482 g/mol. The average Bonchev–Trinajstić information content (AvgIpc) is 2.94. The van der Waals surface area contributed by atoms with Crippen molar-refractivity contribution in [3.8, 4) is 17.2 Å². The topological polar surface area (TPSA) is 78.7 Å². The predicted octanol–water partition coefficient (Wildman–Crippen LogP) is 5.80. The van der Waals surface area contributed by atoms with E-state index >= 15 is 0 Å². The maximum atomic E-state index is 11.4. The van der Waals surface area contributed by atoms with Crippen LogP contribution >= 0.6 is 0 Å². The molecule has 1 heterocycles. The Hall–Kier alpha value is -3.55. The van der Waals surface area contributed by atoms with Crippen LogP contribution in [0.25, 0.3) is 0 Å². The second-order valence-corrected chi connectivity index (χ2v) is 9.88. The third kappa shape index (κ3) is 6.47. The monoisotopic (exact) mass is 519 g/mol. The van der Waals surface area contributed by atoms with Crippen LogP contribution in [0.5, 0.6) is 17.2 Å². The number of hydrogen-bond donors (Lipinski definition) is 1. The Balaban J connectivity index is 1.53. The number of aliphatic hydroxyl groups excluding tert-OH is 1. The first kappa shape index (κ1) is 27.5. The summed E-state index contributed by atoms with van der Waals surface area (Å²) in [4.78, 5) is 5.87. The molecule has 0 aromatic heterocycles. The number of aliphatic hydroxyl groups is 1. The smallest absolute Gasteiger partial charge is 0.156 e. The largest absolute Gasteiger partial charge is 0.497 e. The van der Waals surface area contributed by atoms with E-state index in [0.717, 1.165) is 11.1 Å².